The molecule has 0 radical (unpaired) electrons. The standard InChI is InChI=1S/C13H24N4/c1-3-9-17-11(10-15-16-17)12(14)13(4-2)7-5-6-8-13/h10,12H,3-9,14H2,1-2H3. The summed E-state index contributed by atoms with van der Waals surface area (Å²) in [5, 5.41) is 8.18. The molecule has 0 spiro atoms. The molecule has 4 nitrogen and oxygen atoms in total. The summed E-state index contributed by atoms with van der Waals surface area (Å²) in [5.41, 5.74) is 7.93. The molecule has 0 amide bonds. The molecule has 1 atom stereocenters. The highest BCUT2D eigenvalue weighted by atomic mass is 15.4. The Labute approximate surface area is 104 Å². The van der Waals surface area contributed by atoms with Crippen molar-refractivity contribution in [2.45, 2.75) is 65.0 Å². The molecule has 0 aliphatic heterocycles. The Kier molecular flexibility index (Phi) is 3.82. The van der Waals surface area contributed by atoms with Crippen LogP contribution < -0.4 is 5.73 Å². The fourth-order valence-corrected chi connectivity index (χ4v) is 3.17. The van der Waals surface area contributed by atoms with Crippen LogP contribution >= 0.6 is 0 Å². The van der Waals surface area contributed by atoms with E-state index in [4.69, 9.17) is 5.73 Å². The van der Waals surface area contributed by atoms with Crippen LogP contribution in [0, 0.1) is 5.41 Å². The van der Waals surface area contributed by atoms with Crippen LogP contribution in [0.3, 0.4) is 0 Å². The monoisotopic (exact) mass is 236 g/mol. The lowest BCUT2D eigenvalue weighted by Gasteiger charge is -2.34. The number of nitrogens with two attached hydrogens (primary N) is 1. The third-order valence-electron chi connectivity index (χ3n) is 4.36. The molecule has 17 heavy (non-hydrogen) atoms. The molecular formula is C13H24N4. The lowest BCUT2D eigenvalue weighted by Crippen LogP contribution is -2.33. The fourth-order valence-electron chi connectivity index (χ4n) is 3.17. The van der Waals surface area contributed by atoms with E-state index < -0.39 is 0 Å². The van der Waals surface area contributed by atoms with Crippen molar-refractivity contribution in [3.63, 3.8) is 0 Å². The van der Waals surface area contributed by atoms with E-state index in [0.29, 0.717) is 0 Å². The Hall–Kier alpha value is -0.900. The van der Waals surface area contributed by atoms with Crippen LogP contribution in [0.15, 0.2) is 6.20 Å². The highest BCUT2D eigenvalue weighted by Gasteiger charge is 2.40. The number of aromatic nitrogens is 3. The van der Waals surface area contributed by atoms with Crippen molar-refractivity contribution < 1.29 is 0 Å². The number of aryl methyl sites for hydroxylation is 1. The molecule has 2 N–H and O–H groups in total. The molecule has 1 aliphatic carbocycles. The van der Waals surface area contributed by atoms with E-state index in [1.807, 2.05) is 10.9 Å². The van der Waals surface area contributed by atoms with Gasteiger partial charge in [0.25, 0.3) is 0 Å². The molecule has 1 heterocycles. The van der Waals surface area contributed by atoms with E-state index >= 15 is 0 Å². The van der Waals surface area contributed by atoms with Crippen molar-refractivity contribution in [1.82, 2.24) is 15.0 Å². The zero-order valence-electron chi connectivity index (χ0n) is 11.0. The summed E-state index contributed by atoms with van der Waals surface area (Å²) in [6.07, 6.45) is 9.22. The second kappa shape index (κ2) is 5.17. The maximum absolute atomic E-state index is 6.52. The van der Waals surface area contributed by atoms with Crippen LogP contribution in [-0.2, 0) is 6.54 Å². The lowest BCUT2D eigenvalue weighted by molar-refractivity contribution is 0.213. The number of hydrogen-bond acceptors (Lipinski definition) is 3. The Morgan fingerprint density at radius 3 is 2.71 bits per heavy atom. The van der Waals surface area contributed by atoms with Crippen LogP contribution in [0.1, 0.15) is 64.1 Å². The average Bonchev–Trinajstić information content (AvgIpc) is 2.97. The van der Waals surface area contributed by atoms with Gasteiger partial charge in [-0.1, -0.05) is 31.9 Å². The summed E-state index contributed by atoms with van der Waals surface area (Å²) < 4.78 is 1.99. The molecule has 1 unspecified atom stereocenters. The predicted octanol–water partition coefficient (Wildman–Crippen LogP) is 2.66. The maximum atomic E-state index is 6.52. The molecule has 96 valence electrons. The van der Waals surface area contributed by atoms with Crippen molar-refractivity contribution in [1.29, 1.82) is 0 Å². The van der Waals surface area contributed by atoms with Crippen LogP contribution in [0.5, 0.6) is 0 Å². The Balaban J connectivity index is 2.22. The van der Waals surface area contributed by atoms with Crippen molar-refractivity contribution in [3.05, 3.63) is 11.9 Å². The minimum atomic E-state index is 0.0940. The van der Waals surface area contributed by atoms with Crippen molar-refractivity contribution >= 4 is 0 Å². The van der Waals surface area contributed by atoms with Crippen LogP contribution in [0.4, 0.5) is 0 Å². The van der Waals surface area contributed by atoms with Crippen LogP contribution in [-0.4, -0.2) is 15.0 Å². The van der Waals surface area contributed by atoms with Crippen molar-refractivity contribution in [3.8, 4) is 0 Å². The molecule has 2 rings (SSSR count). The molecule has 0 aromatic carbocycles. The first-order valence-corrected chi connectivity index (χ1v) is 6.87. The zero-order valence-corrected chi connectivity index (χ0v) is 11.0. The Morgan fingerprint density at radius 2 is 2.12 bits per heavy atom. The molecule has 1 aromatic rings. The third kappa shape index (κ3) is 2.23. The van der Waals surface area contributed by atoms with Gasteiger partial charge in [0.05, 0.1) is 17.9 Å². The SMILES string of the molecule is CCCn1nncc1C(N)C1(CC)CCCC1. The molecule has 1 saturated carbocycles. The van der Waals surface area contributed by atoms with Gasteiger partial charge < -0.3 is 5.73 Å². The third-order valence-corrected chi connectivity index (χ3v) is 4.36. The minimum Gasteiger partial charge on any atom is -0.322 e. The van der Waals surface area contributed by atoms with Crippen molar-refractivity contribution in [2.24, 2.45) is 11.1 Å². The van der Waals surface area contributed by atoms with Gasteiger partial charge in [-0.05, 0) is 31.1 Å². The van der Waals surface area contributed by atoms with Gasteiger partial charge in [0.15, 0.2) is 0 Å². The van der Waals surface area contributed by atoms with Gasteiger partial charge in [-0.25, -0.2) is 4.68 Å². The molecule has 1 aliphatic rings. The molecule has 0 bridgehead atoms. The molecule has 4 heteroatoms. The first-order chi connectivity index (χ1) is 8.23. The topological polar surface area (TPSA) is 56.7 Å². The van der Waals surface area contributed by atoms with Crippen LogP contribution in [0.2, 0.25) is 0 Å². The number of rotatable bonds is 5. The number of nitrogens with zero attached hydrogens (tertiary/aromatic N) is 3. The van der Waals surface area contributed by atoms with Gasteiger partial charge in [0.2, 0.25) is 0 Å². The Bertz CT molecular complexity index is 352. The lowest BCUT2D eigenvalue weighted by atomic mass is 9.75. The van der Waals surface area contributed by atoms with Crippen molar-refractivity contribution in [2.75, 3.05) is 0 Å². The molecule has 0 saturated heterocycles. The average molecular weight is 236 g/mol. The second-order valence-corrected chi connectivity index (χ2v) is 5.28. The first-order valence-electron chi connectivity index (χ1n) is 6.87. The zero-order chi connectivity index (χ0) is 12.3. The highest BCUT2D eigenvalue weighted by Crippen LogP contribution is 2.48. The van der Waals surface area contributed by atoms with Crippen LogP contribution in [0.25, 0.3) is 0 Å². The first kappa shape index (κ1) is 12.6. The summed E-state index contributed by atoms with van der Waals surface area (Å²) in [5.74, 6) is 0. The van der Waals surface area contributed by atoms with E-state index in [2.05, 4.69) is 24.2 Å². The van der Waals surface area contributed by atoms with Gasteiger partial charge in [-0.2, -0.15) is 0 Å². The predicted molar refractivity (Wildman–Crippen MR) is 68.4 cm³/mol. The maximum Gasteiger partial charge on any atom is 0.0760 e. The molecular weight excluding hydrogens is 212 g/mol. The van der Waals surface area contributed by atoms with E-state index in [-0.39, 0.29) is 11.5 Å². The van der Waals surface area contributed by atoms with E-state index in [1.165, 1.54) is 25.7 Å². The molecule has 1 fully saturated rings. The number of hydrogen-bond donors (Lipinski definition) is 1. The highest BCUT2D eigenvalue weighted by molar-refractivity contribution is 5.09. The minimum absolute atomic E-state index is 0.0940. The van der Waals surface area contributed by atoms with Gasteiger partial charge in [-0.15, -0.1) is 5.10 Å². The summed E-state index contributed by atoms with van der Waals surface area (Å²) in [6.45, 7) is 5.34. The molecule has 1 aromatic heterocycles. The van der Waals surface area contributed by atoms with Gasteiger partial charge in [0, 0.05) is 6.54 Å². The van der Waals surface area contributed by atoms with E-state index in [0.717, 1.165) is 25.1 Å². The summed E-state index contributed by atoms with van der Waals surface area (Å²) in [4.78, 5) is 0. The van der Waals surface area contributed by atoms with E-state index in [1.54, 1.807) is 0 Å². The summed E-state index contributed by atoms with van der Waals surface area (Å²) >= 11 is 0. The Morgan fingerprint density at radius 1 is 1.41 bits per heavy atom. The van der Waals surface area contributed by atoms with Gasteiger partial charge in [-0.3, -0.25) is 0 Å². The fraction of sp³-hybridized carbons (Fsp3) is 0.846. The summed E-state index contributed by atoms with van der Waals surface area (Å²) in [6, 6.07) is 0.0940. The summed E-state index contributed by atoms with van der Waals surface area (Å²) in [7, 11) is 0. The quantitative estimate of drug-likeness (QED) is 0.855. The largest absolute Gasteiger partial charge is 0.322 e. The smallest absolute Gasteiger partial charge is 0.0760 e. The normalized spacial score (nSPS) is 20.6. The van der Waals surface area contributed by atoms with E-state index in [9.17, 15) is 0 Å². The second-order valence-electron chi connectivity index (χ2n) is 5.28. The van der Waals surface area contributed by atoms with Gasteiger partial charge in [0.1, 0.15) is 0 Å². The van der Waals surface area contributed by atoms with Gasteiger partial charge >= 0.3 is 0 Å².